The lowest BCUT2D eigenvalue weighted by molar-refractivity contribution is 0.340. The molecule has 0 radical (unpaired) electrons. The zero-order valence-corrected chi connectivity index (χ0v) is 13.2. The average Bonchev–Trinajstić information content (AvgIpc) is 2.88. The van der Waals surface area contributed by atoms with Gasteiger partial charge in [0.05, 0.1) is 17.6 Å². The van der Waals surface area contributed by atoms with E-state index < -0.39 is 0 Å². The maximum Gasteiger partial charge on any atom is 0.121 e. The van der Waals surface area contributed by atoms with Crippen LogP contribution in [0.4, 0.5) is 0 Å². The smallest absolute Gasteiger partial charge is 0.121 e. The number of hydrogen-bond acceptors (Lipinski definition) is 3. The molecular formula is C17H27N3O. The van der Waals surface area contributed by atoms with E-state index in [9.17, 15) is 0 Å². The number of aromatic amines is 1. The van der Waals surface area contributed by atoms with Gasteiger partial charge in [0.1, 0.15) is 11.6 Å². The molecule has 0 saturated carbocycles. The third-order valence-corrected chi connectivity index (χ3v) is 3.56. The monoisotopic (exact) mass is 289 g/mol. The molecular weight excluding hydrogens is 262 g/mol. The first-order chi connectivity index (χ1) is 10.3. The highest BCUT2D eigenvalue weighted by Crippen LogP contribution is 2.19. The van der Waals surface area contributed by atoms with Gasteiger partial charge in [0, 0.05) is 19.0 Å². The Labute approximate surface area is 127 Å². The normalized spacial score (nSPS) is 11.1. The lowest BCUT2D eigenvalue weighted by Crippen LogP contribution is -2.18. The van der Waals surface area contributed by atoms with Gasteiger partial charge in [0.2, 0.25) is 0 Å². The quantitative estimate of drug-likeness (QED) is 0.656. The molecule has 0 spiro atoms. The molecule has 21 heavy (non-hydrogen) atoms. The van der Waals surface area contributed by atoms with Crippen molar-refractivity contribution in [3.63, 3.8) is 0 Å². The van der Waals surface area contributed by atoms with Crippen molar-refractivity contribution in [2.75, 3.05) is 19.7 Å². The molecule has 1 heterocycles. The number of fused-ring (bicyclic) bond motifs is 1. The largest absolute Gasteiger partial charge is 0.494 e. The number of benzene rings is 1. The van der Waals surface area contributed by atoms with E-state index >= 15 is 0 Å². The van der Waals surface area contributed by atoms with E-state index in [0.29, 0.717) is 6.61 Å². The molecule has 0 aliphatic carbocycles. The Hall–Kier alpha value is -1.55. The first-order valence-electron chi connectivity index (χ1n) is 8.15. The number of aromatic nitrogens is 2. The fourth-order valence-electron chi connectivity index (χ4n) is 2.42. The second-order valence-electron chi connectivity index (χ2n) is 5.36. The van der Waals surface area contributed by atoms with Gasteiger partial charge in [-0.3, -0.25) is 0 Å². The molecule has 0 saturated heterocycles. The number of rotatable bonds is 10. The molecule has 0 amide bonds. The van der Waals surface area contributed by atoms with Gasteiger partial charge in [-0.1, -0.05) is 26.2 Å². The Kier molecular flexibility index (Phi) is 6.54. The molecule has 2 aromatic rings. The van der Waals surface area contributed by atoms with Crippen molar-refractivity contribution in [3.05, 3.63) is 24.0 Å². The summed E-state index contributed by atoms with van der Waals surface area (Å²) in [5.41, 5.74) is 2.07. The first kappa shape index (κ1) is 15.8. The van der Waals surface area contributed by atoms with E-state index in [1.165, 1.54) is 25.7 Å². The van der Waals surface area contributed by atoms with E-state index in [4.69, 9.17) is 4.74 Å². The van der Waals surface area contributed by atoms with Crippen molar-refractivity contribution in [2.24, 2.45) is 0 Å². The maximum atomic E-state index is 5.51. The molecule has 0 atom stereocenters. The summed E-state index contributed by atoms with van der Waals surface area (Å²) in [5.74, 6) is 1.94. The van der Waals surface area contributed by atoms with Crippen molar-refractivity contribution >= 4 is 11.0 Å². The topological polar surface area (TPSA) is 49.9 Å². The summed E-state index contributed by atoms with van der Waals surface area (Å²) in [5, 5.41) is 3.48. The Balaban J connectivity index is 1.77. The highest BCUT2D eigenvalue weighted by Gasteiger charge is 2.04. The highest BCUT2D eigenvalue weighted by atomic mass is 16.5. The summed E-state index contributed by atoms with van der Waals surface area (Å²) in [4.78, 5) is 7.98. The van der Waals surface area contributed by atoms with Crippen molar-refractivity contribution in [1.29, 1.82) is 0 Å². The number of H-pyrrole nitrogens is 1. The Morgan fingerprint density at radius 3 is 2.86 bits per heavy atom. The van der Waals surface area contributed by atoms with Crippen molar-refractivity contribution in [1.82, 2.24) is 15.3 Å². The van der Waals surface area contributed by atoms with Crippen LogP contribution in [0.3, 0.4) is 0 Å². The minimum absolute atomic E-state index is 0.689. The van der Waals surface area contributed by atoms with Crippen LogP contribution >= 0.6 is 0 Å². The first-order valence-corrected chi connectivity index (χ1v) is 8.15. The number of imidazole rings is 1. The van der Waals surface area contributed by atoms with Crippen LogP contribution in [0, 0.1) is 0 Å². The van der Waals surface area contributed by atoms with E-state index in [-0.39, 0.29) is 0 Å². The van der Waals surface area contributed by atoms with Crippen molar-refractivity contribution in [2.45, 2.75) is 46.0 Å². The molecule has 1 aromatic heterocycles. The van der Waals surface area contributed by atoms with Crippen LogP contribution in [0.5, 0.6) is 5.75 Å². The Bertz CT molecular complexity index is 536. The maximum absolute atomic E-state index is 5.51. The molecule has 2 N–H and O–H groups in total. The lowest BCUT2D eigenvalue weighted by Gasteiger charge is -2.02. The van der Waals surface area contributed by atoms with Crippen molar-refractivity contribution in [3.8, 4) is 5.75 Å². The predicted molar refractivity (Wildman–Crippen MR) is 88.0 cm³/mol. The minimum Gasteiger partial charge on any atom is -0.494 e. The molecule has 0 unspecified atom stereocenters. The SMILES string of the molecule is CCCCCCNCCc1nc2ccc(OCC)cc2[nH]1. The Morgan fingerprint density at radius 2 is 2.05 bits per heavy atom. The van der Waals surface area contributed by atoms with E-state index in [1.54, 1.807) is 0 Å². The van der Waals surface area contributed by atoms with Crippen LogP contribution in [0.1, 0.15) is 45.4 Å². The lowest BCUT2D eigenvalue weighted by atomic mass is 10.2. The van der Waals surface area contributed by atoms with Gasteiger partial charge in [-0.25, -0.2) is 4.98 Å². The standard InChI is InChI=1S/C17H27N3O/c1-3-5-6-7-11-18-12-10-17-19-15-9-8-14(21-4-2)13-16(15)20-17/h8-9,13,18H,3-7,10-12H2,1-2H3,(H,19,20). The van der Waals surface area contributed by atoms with Crippen LogP contribution in [0.2, 0.25) is 0 Å². The predicted octanol–water partition coefficient (Wildman–Crippen LogP) is 3.67. The summed E-state index contributed by atoms with van der Waals surface area (Å²) in [6.07, 6.45) is 6.17. The van der Waals surface area contributed by atoms with Crippen LogP contribution in [0.15, 0.2) is 18.2 Å². The molecule has 0 aliphatic heterocycles. The number of ether oxygens (including phenoxy) is 1. The third kappa shape index (κ3) is 5.05. The third-order valence-electron chi connectivity index (χ3n) is 3.56. The van der Waals surface area contributed by atoms with Gasteiger partial charge in [-0.2, -0.15) is 0 Å². The molecule has 116 valence electrons. The average molecular weight is 289 g/mol. The molecule has 0 bridgehead atoms. The second kappa shape index (κ2) is 8.67. The summed E-state index contributed by atoms with van der Waals surface area (Å²) >= 11 is 0. The summed E-state index contributed by atoms with van der Waals surface area (Å²) in [6, 6.07) is 6.01. The second-order valence-corrected chi connectivity index (χ2v) is 5.36. The number of nitrogens with zero attached hydrogens (tertiary/aromatic N) is 1. The fourth-order valence-corrected chi connectivity index (χ4v) is 2.42. The fraction of sp³-hybridized carbons (Fsp3) is 0.588. The molecule has 0 fully saturated rings. The van der Waals surface area contributed by atoms with E-state index in [0.717, 1.165) is 42.1 Å². The van der Waals surface area contributed by atoms with Crippen LogP contribution in [-0.4, -0.2) is 29.7 Å². The number of unbranched alkanes of at least 4 members (excludes halogenated alkanes) is 3. The summed E-state index contributed by atoms with van der Waals surface area (Å²) in [7, 11) is 0. The molecule has 4 heteroatoms. The zero-order chi connectivity index (χ0) is 14.9. The van der Waals surface area contributed by atoms with Crippen molar-refractivity contribution < 1.29 is 4.74 Å². The molecule has 1 aromatic carbocycles. The molecule has 2 rings (SSSR count). The van der Waals surface area contributed by atoms with Gasteiger partial charge in [-0.15, -0.1) is 0 Å². The van der Waals surface area contributed by atoms with Gasteiger partial charge >= 0.3 is 0 Å². The van der Waals surface area contributed by atoms with E-state index in [2.05, 4.69) is 22.2 Å². The van der Waals surface area contributed by atoms with Gasteiger partial charge in [-0.05, 0) is 32.0 Å². The van der Waals surface area contributed by atoms with Gasteiger partial charge < -0.3 is 15.0 Å². The van der Waals surface area contributed by atoms with Crippen LogP contribution in [0.25, 0.3) is 11.0 Å². The number of hydrogen-bond donors (Lipinski definition) is 2. The minimum atomic E-state index is 0.689. The highest BCUT2D eigenvalue weighted by molar-refractivity contribution is 5.76. The van der Waals surface area contributed by atoms with Gasteiger partial charge in [0.25, 0.3) is 0 Å². The summed E-state index contributed by atoms with van der Waals surface area (Å²) in [6.45, 7) is 7.01. The molecule has 0 aliphatic rings. The van der Waals surface area contributed by atoms with E-state index in [1.807, 2.05) is 25.1 Å². The summed E-state index contributed by atoms with van der Waals surface area (Å²) < 4.78 is 5.51. The Morgan fingerprint density at radius 1 is 1.14 bits per heavy atom. The zero-order valence-electron chi connectivity index (χ0n) is 13.2. The van der Waals surface area contributed by atoms with Crippen LogP contribution < -0.4 is 10.1 Å². The van der Waals surface area contributed by atoms with Crippen LogP contribution in [-0.2, 0) is 6.42 Å². The number of nitrogens with one attached hydrogen (secondary N) is 2. The van der Waals surface area contributed by atoms with Gasteiger partial charge in [0.15, 0.2) is 0 Å². The molecule has 4 nitrogen and oxygen atoms in total.